The molecule has 1 aromatic carbocycles. The third-order valence-corrected chi connectivity index (χ3v) is 11.0. The molecule has 0 aromatic heterocycles. The lowest BCUT2D eigenvalue weighted by atomic mass is 10.1. The first kappa shape index (κ1) is 18.2. The molecule has 114 valence electrons. The molecule has 2 heteroatoms. The molecule has 0 fully saturated rings. The second-order valence-electron chi connectivity index (χ2n) is 6.22. The Labute approximate surface area is 135 Å². The highest BCUT2D eigenvalue weighted by atomic mass is 79.9. The largest absolute Gasteiger partial charge is 0.127 e. The molecule has 0 bridgehead atoms. The van der Waals surface area contributed by atoms with Crippen LogP contribution in [0.15, 0.2) is 30.3 Å². The summed E-state index contributed by atoms with van der Waals surface area (Å²) in [5, 5.41) is 1.55. The first-order chi connectivity index (χ1) is 9.59. The van der Waals surface area contributed by atoms with Crippen LogP contribution in [0.1, 0.15) is 58.3 Å². The molecule has 20 heavy (non-hydrogen) atoms. The van der Waals surface area contributed by atoms with Crippen LogP contribution in [0.4, 0.5) is 0 Å². The summed E-state index contributed by atoms with van der Waals surface area (Å²) >= 11 is 3.98. The molecule has 0 heterocycles. The minimum absolute atomic E-state index is 0.674. The molecular weight excluding hydrogens is 327 g/mol. The molecule has 0 N–H and O–H groups in total. The van der Waals surface area contributed by atoms with Crippen LogP contribution >= 0.6 is 23.2 Å². The van der Waals surface area contributed by atoms with E-state index in [-0.39, 0.29) is 0 Å². The van der Waals surface area contributed by atoms with E-state index in [1.54, 1.807) is 5.30 Å². The number of alkyl halides is 1. The van der Waals surface area contributed by atoms with Crippen LogP contribution < -0.4 is 5.30 Å². The fourth-order valence-corrected chi connectivity index (χ4v) is 5.69. The molecule has 0 aliphatic heterocycles. The van der Waals surface area contributed by atoms with Gasteiger partial charge in [-0.15, -0.1) is 0 Å². The van der Waals surface area contributed by atoms with Gasteiger partial charge < -0.3 is 0 Å². The van der Waals surface area contributed by atoms with Gasteiger partial charge in [0, 0.05) is 0 Å². The Bertz CT molecular complexity index is 348. The lowest BCUT2D eigenvalue weighted by Gasteiger charge is -2.23. The Morgan fingerprint density at radius 1 is 0.900 bits per heavy atom. The zero-order valence-electron chi connectivity index (χ0n) is 13.4. The first-order valence-electron chi connectivity index (χ1n) is 8.12. The van der Waals surface area contributed by atoms with Crippen molar-refractivity contribution >= 4 is 28.5 Å². The summed E-state index contributed by atoms with van der Waals surface area (Å²) in [6.45, 7) is 7.21. The highest BCUT2D eigenvalue weighted by molar-refractivity contribution is 9.11. The molecule has 0 nitrogen and oxygen atoms in total. The average molecular weight is 358 g/mol. The molecule has 1 atom stereocenters. The van der Waals surface area contributed by atoms with Crippen LogP contribution in [0, 0.1) is 0 Å². The number of rotatable bonds is 10. The number of unbranched alkanes of at least 4 members (excludes halogenated alkanes) is 6. The van der Waals surface area contributed by atoms with E-state index >= 15 is 0 Å². The highest BCUT2D eigenvalue weighted by Crippen LogP contribution is 2.58. The van der Waals surface area contributed by atoms with E-state index in [0.29, 0.717) is 4.57 Å². The molecule has 0 aliphatic rings. The Hall–Kier alpha value is 0.130. The Kier molecular flexibility index (Phi) is 9.05. The van der Waals surface area contributed by atoms with Crippen molar-refractivity contribution in [2.24, 2.45) is 0 Å². The zero-order chi connectivity index (χ0) is 14.8. The van der Waals surface area contributed by atoms with Crippen molar-refractivity contribution in [1.29, 1.82) is 0 Å². The third kappa shape index (κ3) is 6.27. The van der Waals surface area contributed by atoms with Crippen LogP contribution in [0.25, 0.3) is 0 Å². The molecule has 0 saturated heterocycles. The minimum atomic E-state index is -1.04. The summed E-state index contributed by atoms with van der Waals surface area (Å²) in [4.78, 5) is 0. The van der Waals surface area contributed by atoms with Crippen LogP contribution in [0.2, 0.25) is 0 Å². The van der Waals surface area contributed by atoms with Gasteiger partial charge in [-0.25, -0.2) is 0 Å². The summed E-state index contributed by atoms with van der Waals surface area (Å²) in [5.41, 5.74) is 0. The zero-order valence-corrected chi connectivity index (χ0v) is 15.9. The van der Waals surface area contributed by atoms with Gasteiger partial charge in [0.15, 0.2) is 0 Å². The summed E-state index contributed by atoms with van der Waals surface area (Å²) in [5.74, 6) is 0. The molecule has 0 amide bonds. The van der Waals surface area contributed by atoms with E-state index < -0.39 is 7.26 Å². The van der Waals surface area contributed by atoms with Crippen molar-refractivity contribution < 1.29 is 0 Å². The summed E-state index contributed by atoms with van der Waals surface area (Å²) in [6, 6.07) is 11.1. The fourth-order valence-electron chi connectivity index (χ4n) is 2.57. The van der Waals surface area contributed by atoms with Crippen molar-refractivity contribution in [3.05, 3.63) is 30.3 Å². The quantitative estimate of drug-likeness (QED) is 0.256. The average Bonchev–Trinajstić information content (AvgIpc) is 2.47. The second-order valence-corrected chi connectivity index (χ2v) is 12.3. The van der Waals surface area contributed by atoms with Gasteiger partial charge in [-0.3, -0.25) is 0 Å². The normalized spacial score (nSPS) is 13.4. The van der Waals surface area contributed by atoms with E-state index in [9.17, 15) is 0 Å². The number of hydrogen-bond donors (Lipinski definition) is 0. The second kappa shape index (κ2) is 9.96. The topological polar surface area (TPSA) is 0 Å². The predicted octanol–water partition coefficient (Wildman–Crippen LogP) is 6.45. The molecule has 0 aliphatic carbocycles. The maximum Gasteiger partial charge on any atom is 0.127 e. The summed E-state index contributed by atoms with van der Waals surface area (Å²) < 4.78 is 0.674. The van der Waals surface area contributed by atoms with Gasteiger partial charge in [0.1, 0.15) is 4.57 Å². The highest BCUT2D eigenvalue weighted by Gasteiger charge is 2.36. The number of halogens is 1. The Morgan fingerprint density at radius 3 is 2.05 bits per heavy atom. The van der Waals surface area contributed by atoms with E-state index in [1.165, 1.54) is 51.4 Å². The van der Waals surface area contributed by atoms with Crippen molar-refractivity contribution in [1.82, 2.24) is 0 Å². The lowest BCUT2D eigenvalue weighted by molar-refractivity contribution is 0.584. The van der Waals surface area contributed by atoms with E-state index in [2.05, 4.69) is 66.5 Å². The van der Waals surface area contributed by atoms with Crippen LogP contribution in [-0.4, -0.2) is 17.9 Å². The first-order valence-corrected chi connectivity index (χ1v) is 11.8. The van der Waals surface area contributed by atoms with Crippen molar-refractivity contribution in [2.45, 2.75) is 62.9 Å². The van der Waals surface area contributed by atoms with E-state index in [0.717, 1.165) is 0 Å². The molecular formula is C18H31BrP+. The van der Waals surface area contributed by atoms with Crippen molar-refractivity contribution in [2.75, 3.05) is 13.3 Å². The monoisotopic (exact) mass is 357 g/mol. The summed E-state index contributed by atoms with van der Waals surface area (Å²) in [7, 11) is -1.04. The van der Waals surface area contributed by atoms with Gasteiger partial charge in [0.05, 0.1) is 25.9 Å². The van der Waals surface area contributed by atoms with E-state index in [1.807, 2.05) is 0 Å². The van der Waals surface area contributed by atoms with Gasteiger partial charge in [0.25, 0.3) is 0 Å². The van der Waals surface area contributed by atoms with Gasteiger partial charge in [-0.2, -0.15) is 0 Å². The molecule has 0 radical (unpaired) electrons. The van der Waals surface area contributed by atoms with Crippen LogP contribution in [-0.2, 0) is 0 Å². The SMILES string of the molecule is CCCCCCCCCC(Br)[P+](C)(C)c1ccccc1. The van der Waals surface area contributed by atoms with E-state index in [4.69, 9.17) is 0 Å². The van der Waals surface area contributed by atoms with Gasteiger partial charge in [-0.1, -0.05) is 63.6 Å². The number of hydrogen-bond acceptors (Lipinski definition) is 0. The van der Waals surface area contributed by atoms with Gasteiger partial charge in [0.2, 0.25) is 0 Å². The summed E-state index contributed by atoms with van der Waals surface area (Å²) in [6.07, 6.45) is 11.1. The van der Waals surface area contributed by atoms with Crippen LogP contribution in [0.3, 0.4) is 0 Å². The van der Waals surface area contributed by atoms with Gasteiger partial charge >= 0.3 is 0 Å². The van der Waals surface area contributed by atoms with Crippen molar-refractivity contribution in [3.8, 4) is 0 Å². The lowest BCUT2D eigenvalue weighted by Crippen LogP contribution is -2.17. The van der Waals surface area contributed by atoms with Crippen molar-refractivity contribution in [3.63, 3.8) is 0 Å². The minimum Gasteiger partial charge on any atom is -0.0654 e. The molecule has 1 unspecified atom stereocenters. The predicted molar refractivity (Wildman–Crippen MR) is 100 cm³/mol. The molecule has 1 aromatic rings. The van der Waals surface area contributed by atoms with Gasteiger partial charge in [-0.05, 0) is 40.9 Å². The standard InChI is InChI=1S/C18H31BrP/c1-4-5-6-7-8-9-13-16-18(19)20(2,3)17-14-11-10-12-15-17/h10-12,14-15,18H,4-9,13,16H2,1-3H3/q+1. The molecule has 1 rings (SSSR count). The molecule has 0 saturated carbocycles. The maximum absolute atomic E-state index is 3.98. The Morgan fingerprint density at radius 2 is 1.45 bits per heavy atom. The third-order valence-electron chi connectivity index (χ3n) is 4.17. The van der Waals surface area contributed by atoms with Crippen LogP contribution in [0.5, 0.6) is 0 Å². The fraction of sp³-hybridized carbons (Fsp3) is 0.667. The molecule has 0 spiro atoms. The Balaban J connectivity index is 2.26. The maximum atomic E-state index is 3.98. The number of benzene rings is 1. The smallest absolute Gasteiger partial charge is 0.0654 e.